The fourth-order valence-corrected chi connectivity index (χ4v) is 4.69. The number of hydrogen-bond donors (Lipinski definition) is 2. The van der Waals surface area contributed by atoms with Crippen LogP contribution in [0.2, 0.25) is 0 Å². The maximum atomic E-state index is 13.5. The Kier molecular flexibility index (Phi) is 6.64. The summed E-state index contributed by atoms with van der Waals surface area (Å²) in [6.07, 6.45) is 4.26. The molecular formula is C26H28N6O2. The molecule has 1 saturated heterocycles. The Morgan fingerprint density at radius 1 is 1.29 bits per heavy atom. The van der Waals surface area contributed by atoms with Crippen molar-refractivity contribution < 1.29 is 9.59 Å². The van der Waals surface area contributed by atoms with Crippen molar-refractivity contribution in [3.8, 4) is 11.8 Å². The lowest BCUT2D eigenvalue weighted by molar-refractivity contribution is -0.126. The number of carbonyl (C=O) groups is 2. The molecule has 2 unspecified atom stereocenters. The quantitative estimate of drug-likeness (QED) is 0.438. The van der Waals surface area contributed by atoms with Crippen LogP contribution in [0.25, 0.3) is 11.0 Å². The maximum absolute atomic E-state index is 13.5. The SMILES string of the molecule is C=CC(=O)N1CC(n2c(C#CC)c(C(=O)NCc3ccccc3)c3c(N)ncnc32)CC1CC. The Morgan fingerprint density at radius 2 is 2.06 bits per heavy atom. The maximum Gasteiger partial charge on any atom is 0.255 e. The number of likely N-dealkylation sites (tertiary alicyclic amines) is 1. The zero-order chi connectivity index (χ0) is 24.2. The minimum absolute atomic E-state index is 0.0601. The number of rotatable bonds is 6. The highest BCUT2D eigenvalue weighted by Gasteiger charge is 2.37. The van der Waals surface area contributed by atoms with Gasteiger partial charge in [0.1, 0.15) is 23.5 Å². The molecule has 3 aromatic rings. The lowest BCUT2D eigenvalue weighted by Crippen LogP contribution is -2.34. The monoisotopic (exact) mass is 456 g/mol. The fraction of sp³-hybridized carbons (Fsp3) is 0.308. The van der Waals surface area contributed by atoms with Crippen molar-refractivity contribution in [3.05, 3.63) is 66.1 Å². The molecule has 0 radical (unpaired) electrons. The van der Waals surface area contributed by atoms with E-state index in [0.717, 1.165) is 12.0 Å². The second kappa shape index (κ2) is 9.79. The molecule has 1 aliphatic heterocycles. The molecule has 2 amide bonds. The fourth-order valence-electron chi connectivity index (χ4n) is 4.69. The van der Waals surface area contributed by atoms with E-state index >= 15 is 0 Å². The lowest BCUT2D eigenvalue weighted by atomic mass is 10.1. The van der Waals surface area contributed by atoms with Gasteiger partial charge in [-0.2, -0.15) is 0 Å². The number of nitrogens with zero attached hydrogens (tertiary/aromatic N) is 4. The molecule has 0 aliphatic carbocycles. The standard InChI is InChI=1S/C26H28N6O2/c1-4-10-20-22(26(34)28-14-17-11-8-7-9-12-17)23-24(27)29-16-30-25(23)32(20)19-13-18(5-2)31(15-19)21(33)6-3/h6-9,11-12,16,18-19H,3,5,13-15H2,1-2H3,(H,28,34)(H2,27,29,30). The summed E-state index contributed by atoms with van der Waals surface area (Å²) in [4.78, 5) is 36.4. The summed E-state index contributed by atoms with van der Waals surface area (Å²) in [7, 11) is 0. The van der Waals surface area contributed by atoms with E-state index in [0.29, 0.717) is 41.8 Å². The van der Waals surface area contributed by atoms with Crippen LogP contribution < -0.4 is 11.1 Å². The number of anilines is 1. The predicted octanol–water partition coefficient (Wildman–Crippen LogP) is 3.05. The molecular weight excluding hydrogens is 428 g/mol. The average molecular weight is 457 g/mol. The smallest absolute Gasteiger partial charge is 0.255 e. The molecule has 34 heavy (non-hydrogen) atoms. The minimum atomic E-state index is -0.295. The highest BCUT2D eigenvalue weighted by molar-refractivity contribution is 6.11. The first-order chi connectivity index (χ1) is 16.5. The molecule has 1 fully saturated rings. The molecule has 174 valence electrons. The number of fused-ring (bicyclic) bond motifs is 1. The first-order valence-corrected chi connectivity index (χ1v) is 11.3. The van der Waals surface area contributed by atoms with Gasteiger partial charge in [-0.25, -0.2) is 9.97 Å². The minimum Gasteiger partial charge on any atom is -0.383 e. The van der Waals surface area contributed by atoms with Gasteiger partial charge in [-0.1, -0.05) is 49.8 Å². The Labute approximate surface area is 198 Å². The van der Waals surface area contributed by atoms with Gasteiger partial charge in [0, 0.05) is 19.1 Å². The van der Waals surface area contributed by atoms with Crippen molar-refractivity contribution in [3.63, 3.8) is 0 Å². The number of amides is 2. The van der Waals surface area contributed by atoms with Gasteiger partial charge in [0.2, 0.25) is 5.91 Å². The second-order valence-electron chi connectivity index (χ2n) is 8.24. The molecule has 3 heterocycles. The topological polar surface area (TPSA) is 106 Å². The molecule has 0 saturated carbocycles. The van der Waals surface area contributed by atoms with Gasteiger partial charge in [0.15, 0.2) is 0 Å². The normalized spacial score (nSPS) is 17.3. The Balaban J connectivity index is 1.82. The van der Waals surface area contributed by atoms with Crippen molar-refractivity contribution in [1.82, 2.24) is 24.8 Å². The summed E-state index contributed by atoms with van der Waals surface area (Å²) >= 11 is 0. The summed E-state index contributed by atoms with van der Waals surface area (Å²) in [6, 6.07) is 9.62. The number of hydrogen-bond acceptors (Lipinski definition) is 5. The third-order valence-electron chi connectivity index (χ3n) is 6.27. The van der Waals surface area contributed by atoms with E-state index in [1.54, 1.807) is 6.92 Å². The van der Waals surface area contributed by atoms with E-state index in [9.17, 15) is 9.59 Å². The van der Waals surface area contributed by atoms with Crippen LogP contribution in [0.1, 0.15) is 54.3 Å². The van der Waals surface area contributed by atoms with E-state index in [1.165, 1.54) is 12.4 Å². The third kappa shape index (κ3) is 4.13. The van der Waals surface area contributed by atoms with Crippen molar-refractivity contribution in [2.45, 2.75) is 45.3 Å². The number of nitrogens with one attached hydrogen (secondary N) is 1. The lowest BCUT2D eigenvalue weighted by Gasteiger charge is -2.21. The first-order valence-electron chi connectivity index (χ1n) is 11.3. The van der Waals surface area contributed by atoms with Crippen LogP contribution in [-0.2, 0) is 11.3 Å². The Morgan fingerprint density at radius 3 is 2.74 bits per heavy atom. The average Bonchev–Trinajstić information content (AvgIpc) is 3.42. The Hall–Kier alpha value is -4.12. The van der Waals surface area contributed by atoms with Crippen LogP contribution >= 0.6 is 0 Å². The van der Waals surface area contributed by atoms with Crippen molar-refractivity contribution in [2.24, 2.45) is 0 Å². The molecule has 1 aromatic carbocycles. The second-order valence-corrected chi connectivity index (χ2v) is 8.24. The predicted molar refractivity (Wildman–Crippen MR) is 132 cm³/mol. The van der Waals surface area contributed by atoms with Gasteiger partial charge in [0.25, 0.3) is 5.91 Å². The third-order valence-corrected chi connectivity index (χ3v) is 6.27. The number of benzene rings is 1. The number of aromatic nitrogens is 3. The molecule has 1 aliphatic rings. The molecule has 8 nitrogen and oxygen atoms in total. The Bertz CT molecular complexity index is 1300. The van der Waals surface area contributed by atoms with E-state index in [2.05, 4.69) is 40.6 Å². The highest BCUT2D eigenvalue weighted by Crippen LogP contribution is 2.37. The summed E-state index contributed by atoms with van der Waals surface area (Å²) in [5, 5.41) is 3.46. The van der Waals surface area contributed by atoms with Gasteiger partial charge in [-0.3, -0.25) is 9.59 Å². The van der Waals surface area contributed by atoms with Crippen LogP contribution in [0.3, 0.4) is 0 Å². The summed E-state index contributed by atoms with van der Waals surface area (Å²) in [5.74, 6) is 5.86. The van der Waals surface area contributed by atoms with Crippen LogP contribution in [0, 0.1) is 11.8 Å². The zero-order valence-electron chi connectivity index (χ0n) is 19.4. The molecule has 3 N–H and O–H groups in total. The largest absolute Gasteiger partial charge is 0.383 e. The molecule has 8 heteroatoms. The molecule has 2 aromatic heterocycles. The van der Waals surface area contributed by atoms with Crippen LogP contribution in [0.5, 0.6) is 0 Å². The first kappa shape index (κ1) is 23.1. The molecule has 0 spiro atoms. The number of nitrogens with two attached hydrogens (primary N) is 1. The van der Waals surface area contributed by atoms with Crippen molar-refractivity contribution in [1.29, 1.82) is 0 Å². The van der Waals surface area contributed by atoms with Crippen LogP contribution in [0.4, 0.5) is 5.82 Å². The van der Waals surface area contributed by atoms with Crippen molar-refractivity contribution >= 4 is 28.7 Å². The highest BCUT2D eigenvalue weighted by atomic mass is 16.2. The van der Waals surface area contributed by atoms with Gasteiger partial charge in [0.05, 0.1) is 17.0 Å². The van der Waals surface area contributed by atoms with E-state index in [-0.39, 0.29) is 29.7 Å². The summed E-state index contributed by atoms with van der Waals surface area (Å²) < 4.78 is 1.96. The van der Waals surface area contributed by atoms with E-state index in [4.69, 9.17) is 5.73 Å². The van der Waals surface area contributed by atoms with E-state index in [1.807, 2.05) is 39.8 Å². The molecule has 0 bridgehead atoms. The van der Waals surface area contributed by atoms with Gasteiger partial charge < -0.3 is 20.5 Å². The molecule has 4 rings (SSSR count). The van der Waals surface area contributed by atoms with Crippen LogP contribution in [0.15, 0.2) is 49.3 Å². The van der Waals surface area contributed by atoms with Gasteiger partial charge in [-0.15, -0.1) is 0 Å². The number of carbonyl (C=O) groups excluding carboxylic acids is 2. The summed E-state index contributed by atoms with van der Waals surface area (Å²) in [6.45, 7) is 8.26. The zero-order valence-corrected chi connectivity index (χ0v) is 19.4. The van der Waals surface area contributed by atoms with Crippen molar-refractivity contribution in [2.75, 3.05) is 12.3 Å². The summed E-state index contributed by atoms with van der Waals surface area (Å²) in [5.41, 5.74) is 8.67. The van der Waals surface area contributed by atoms with E-state index < -0.39 is 0 Å². The van der Waals surface area contributed by atoms with Gasteiger partial charge >= 0.3 is 0 Å². The molecule has 2 atom stereocenters. The van der Waals surface area contributed by atoms with Gasteiger partial charge in [-0.05, 0) is 37.3 Å². The number of nitrogen functional groups attached to an aromatic ring is 1. The van der Waals surface area contributed by atoms with Crippen LogP contribution in [-0.4, -0.2) is 43.8 Å².